The molecule has 0 bridgehead atoms. The number of hydrogen-bond acceptors (Lipinski definition) is 4. The molecule has 0 heterocycles. The summed E-state index contributed by atoms with van der Waals surface area (Å²) in [5.41, 5.74) is 5.37. The summed E-state index contributed by atoms with van der Waals surface area (Å²) in [7, 11) is 0. The van der Waals surface area contributed by atoms with Crippen molar-refractivity contribution in [3.8, 4) is 0 Å². The van der Waals surface area contributed by atoms with E-state index in [1.54, 1.807) is 0 Å². The average Bonchev–Trinajstić information content (AvgIpc) is 2.23. The molecule has 2 unspecified atom stereocenters. The lowest BCUT2D eigenvalue weighted by molar-refractivity contribution is 0.227. The van der Waals surface area contributed by atoms with E-state index < -0.39 is 0 Å². The van der Waals surface area contributed by atoms with Gasteiger partial charge < -0.3 is 21.4 Å². The van der Waals surface area contributed by atoms with Gasteiger partial charge in [0.25, 0.3) is 0 Å². The predicted molar refractivity (Wildman–Crippen MR) is 61.0 cm³/mol. The number of nitrogens with zero attached hydrogens (tertiary/aromatic N) is 1. The molecule has 2 atom stereocenters. The summed E-state index contributed by atoms with van der Waals surface area (Å²) in [6, 6.07) is 0.213. The molecule has 0 aliphatic rings. The highest BCUT2D eigenvalue weighted by molar-refractivity contribution is 5.80. The zero-order chi connectivity index (χ0) is 11.7. The van der Waals surface area contributed by atoms with Gasteiger partial charge >= 0.3 is 0 Å². The lowest BCUT2D eigenvalue weighted by atomic mass is 10.1. The van der Waals surface area contributed by atoms with Gasteiger partial charge in [-0.15, -0.1) is 0 Å². The van der Waals surface area contributed by atoms with Gasteiger partial charge in [-0.1, -0.05) is 12.1 Å². The van der Waals surface area contributed by atoms with Gasteiger partial charge in [-0.2, -0.15) is 0 Å². The Morgan fingerprint density at radius 3 is 2.67 bits per heavy atom. The highest BCUT2D eigenvalue weighted by atomic mass is 16.4. The zero-order valence-electron chi connectivity index (χ0n) is 9.61. The van der Waals surface area contributed by atoms with Crippen LogP contribution in [0, 0.1) is 5.92 Å². The first-order valence-electron chi connectivity index (χ1n) is 5.40. The minimum absolute atomic E-state index is 0.213. The zero-order valence-corrected chi connectivity index (χ0v) is 9.61. The van der Waals surface area contributed by atoms with Crippen molar-refractivity contribution < 1.29 is 10.3 Å². The van der Waals surface area contributed by atoms with Crippen LogP contribution in [0.1, 0.15) is 33.1 Å². The van der Waals surface area contributed by atoms with E-state index in [1.807, 2.05) is 13.8 Å². The fourth-order valence-corrected chi connectivity index (χ4v) is 1.32. The van der Waals surface area contributed by atoms with Crippen LogP contribution < -0.4 is 11.1 Å². The van der Waals surface area contributed by atoms with Crippen LogP contribution >= 0.6 is 0 Å². The highest BCUT2D eigenvalue weighted by Crippen LogP contribution is 2.03. The van der Waals surface area contributed by atoms with Crippen molar-refractivity contribution in [2.75, 3.05) is 13.2 Å². The molecule has 0 aromatic heterocycles. The number of amidine groups is 1. The Morgan fingerprint density at radius 1 is 1.47 bits per heavy atom. The molecule has 5 N–H and O–H groups in total. The van der Waals surface area contributed by atoms with Gasteiger partial charge in [-0.05, 0) is 32.2 Å². The van der Waals surface area contributed by atoms with E-state index in [2.05, 4.69) is 10.5 Å². The van der Waals surface area contributed by atoms with Crippen LogP contribution in [0.3, 0.4) is 0 Å². The average molecular weight is 217 g/mol. The van der Waals surface area contributed by atoms with Crippen LogP contribution in [0.2, 0.25) is 0 Å². The second kappa shape index (κ2) is 8.49. The van der Waals surface area contributed by atoms with E-state index in [1.165, 1.54) is 0 Å². The normalized spacial score (nSPS) is 16.3. The predicted octanol–water partition coefficient (Wildman–Crippen LogP) is 0.510. The molecule has 0 spiro atoms. The van der Waals surface area contributed by atoms with Gasteiger partial charge in [0.2, 0.25) is 0 Å². The number of nitrogens with two attached hydrogens (primary N) is 1. The standard InChI is InChI=1S/C10H23N3O2/c1-8(7-14)4-3-5-12-9(2)6-10(11)13-15/h8-9,12,14-15H,3-7H2,1-2H3,(H2,11,13). The summed E-state index contributed by atoms with van der Waals surface area (Å²) in [6.45, 7) is 5.16. The van der Waals surface area contributed by atoms with E-state index in [4.69, 9.17) is 16.0 Å². The number of aliphatic hydroxyl groups is 1. The fraction of sp³-hybridized carbons (Fsp3) is 0.900. The number of aliphatic hydroxyl groups excluding tert-OH is 1. The maximum absolute atomic E-state index is 8.81. The van der Waals surface area contributed by atoms with Crippen LogP contribution in [-0.2, 0) is 0 Å². The molecular weight excluding hydrogens is 194 g/mol. The molecule has 0 aliphatic heterocycles. The molecule has 5 nitrogen and oxygen atoms in total. The number of nitrogens with one attached hydrogen (secondary N) is 1. The Balaban J connectivity index is 3.43. The van der Waals surface area contributed by atoms with Gasteiger partial charge in [0.05, 0.1) is 0 Å². The van der Waals surface area contributed by atoms with Gasteiger partial charge in [-0.3, -0.25) is 0 Å². The van der Waals surface area contributed by atoms with Gasteiger partial charge in [0, 0.05) is 19.1 Å². The maximum atomic E-state index is 8.81. The van der Waals surface area contributed by atoms with Crippen LogP contribution in [-0.4, -0.2) is 35.3 Å². The summed E-state index contributed by atoms with van der Waals surface area (Å²) >= 11 is 0. The molecule has 0 amide bonds. The maximum Gasteiger partial charge on any atom is 0.140 e. The van der Waals surface area contributed by atoms with Crippen molar-refractivity contribution >= 4 is 5.84 Å². The third-order valence-corrected chi connectivity index (χ3v) is 2.32. The summed E-state index contributed by atoms with van der Waals surface area (Å²) in [5, 5.41) is 23.4. The van der Waals surface area contributed by atoms with Crippen LogP contribution in [0.5, 0.6) is 0 Å². The Labute approximate surface area is 91.4 Å². The van der Waals surface area contributed by atoms with Gasteiger partial charge in [0.1, 0.15) is 5.84 Å². The van der Waals surface area contributed by atoms with Crippen LogP contribution in [0.4, 0.5) is 0 Å². The van der Waals surface area contributed by atoms with Crippen LogP contribution in [0.25, 0.3) is 0 Å². The second-order valence-corrected chi connectivity index (χ2v) is 4.08. The summed E-state index contributed by atoms with van der Waals surface area (Å²) in [5.74, 6) is 0.616. The van der Waals surface area contributed by atoms with Crippen molar-refractivity contribution in [3.63, 3.8) is 0 Å². The van der Waals surface area contributed by atoms with Gasteiger partial charge in [0.15, 0.2) is 0 Å². The Bertz CT molecular complexity index is 186. The molecule has 0 saturated carbocycles. The molecule has 0 radical (unpaired) electrons. The molecule has 0 aromatic rings. The first kappa shape index (κ1) is 14.2. The van der Waals surface area contributed by atoms with Crippen molar-refractivity contribution in [3.05, 3.63) is 0 Å². The minimum Gasteiger partial charge on any atom is -0.409 e. The fourth-order valence-electron chi connectivity index (χ4n) is 1.32. The molecule has 15 heavy (non-hydrogen) atoms. The SMILES string of the molecule is CC(CO)CCCNC(C)CC(N)=NO. The summed E-state index contributed by atoms with van der Waals surface area (Å²) in [6.07, 6.45) is 2.59. The number of rotatable bonds is 8. The molecule has 0 saturated heterocycles. The summed E-state index contributed by atoms with van der Waals surface area (Å²) in [4.78, 5) is 0. The van der Waals surface area contributed by atoms with E-state index in [9.17, 15) is 0 Å². The van der Waals surface area contributed by atoms with Gasteiger partial charge in [-0.25, -0.2) is 0 Å². The molecule has 90 valence electrons. The number of hydrogen-bond donors (Lipinski definition) is 4. The first-order chi connectivity index (χ1) is 7.10. The molecular formula is C10H23N3O2. The largest absolute Gasteiger partial charge is 0.409 e. The van der Waals surface area contributed by atoms with E-state index in [-0.39, 0.29) is 18.5 Å². The molecule has 5 heteroatoms. The van der Waals surface area contributed by atoms with Crippen molar-refractivity contribution in [1.29, 1.82) is 0 Å². The lowest BCUT2D eigenvalue weighted by Gasteiger charge is -2.13. The number of oxime groups is 1. The summed E-state index contributed by atoms with van der Waals surface area (Å²) < 4.78 is 0. The second-order valence-electron chi connectivity index (χ2n) is 4.08. The van der Waals surface area contributed by atoms with Crippen molar-refractivity contribution in [2.45, 2.75) is 39.2 Å². The minimum atomic E-state index is 0.213. The monoisotopic (exact) mass is 217 g/mol. The Morgan fingerprint density at radius 2 is 2.13 bits per heavy atom. The molecule has 0 aliphatic carbocycles. The van der Waals surface area contributed by atoms with E-state index in [0.717, 1.165) is 19.4 Å². The third kappa shape index (κ3) is 8.20. The van der Waals surface area contributed by atoms with Crippen LogP contribution in [0.15, 0.2) is 5.16 Å². The first-order valence-corrected chi connectivity index (χ1v) is 5.40. The molecule has 0 rings (SSSR count). The molecule has 0 aromatic carbocycles. The van der Waals surface area contributed by atoms with Crippen molar-refractivity contribution in [2.24, 2.45) is 16.8 Å². The van der Waals surface area contributed by atoms with E-state index in [0.29, 0.717) is 12.3 Å². The lowest BCUT2D eigenvalue weighted by Crippen LogP contribution is -2.32. The Hall–Kier alpha value is -0.810. The smallest absolute Gasteiger partial charge is 0.140 e. The third-order valence-electron chi connectivity index (χ3n) is 2.32. The molecule has 0 fully saturated rings. The van der Waals surface area contributed by atoms with Crippen molar-refractivity contribution in [1.82, 2.24) is 5.32 Å². The topological polar surface area (TPSA) is 90.9 Å². The highest BCUT2D eigenvalue weighted by Gasteiger charge is 2.04. The quantitative estimate of drug-likeness (QED) is 0.157. The Kier molecular flexibility index (Phi) is 8.04. The van der Waals surface area contributed by atoms with E-state index >= 15 is 0 Å².